The van der Waals surface area contributed by atoms with Gasteiger partial charge in [0.15, 0.2) is 0 Å². The normalized spacial score (nSPS) is 21.9. The Morgan fingerprint density at radius 2 is 1.43 bits per heavy atom. The number of hydrogen-bond donors (Lipinski definition) is 0. The molecule has 6 nitrogen and oxygen atoms in total. The number of carbonyl (C=O) groups excluding carboxylic acids is 3. The van der Waals surface area contributed by atoms with Gasteiger partial charge in [0.25, 0.3) is 5.91 Å². The largest absolute Gasteiger partial charge is 0.340 e. The molecule has 5 rings (SSSR count). The molecule has 1 saturated carbocycles. The first-order valence-electron chi connectivity index (χ1n) is 12.7. The number of piperidine rings is 1. The molecular formula is C29H33N3O3. The number of amides is 2. The van der Waals surface area contributed by atoms with Crippen molar-refractivity contribution in [2.45, 2.75) is 19.3 Å². The Balaban J connectivity index is 1.06. The summed E-state index contributed by atoms with van der Waals surface area (Å²) in [6.07, 6.45) is 6.87. The van der Waals surface area contributed by atoms with Crippen LogP contribution in [0.25, 0.3) is 6.08 Å². The maximum absolute atomic E-state index is 13.2. The summed E-state index contributed by atoms with van der Waals surface area (Å²) in [6, 6.07) is 19.0. The predicted molar refractivity (Wildman–Crippen MR) is 136 cm³/mol. The van der Waals surface area contributed by atoms with Gasteiger partial charge in [-0.2, -0.15) is 0 Å². The van der Waals surface area contributed by atoms with Crippen molar-refractivity contribution in [2.75, 3.05) is 45.8 Å². The zero-order valence-corrected chi connectivity index (χ0v) is 20.1. The molecule has 2 saturated heterocycles. The van der Waals surface area contributed by atoms with Gasteiger partial charge in [-0.15, -0.1) is 0 Å². The van der Waals surface area contributed by atoms with Crippen LogP contribution in [-0.4, -0.2) is 78.1 Å². The molecule has 6 heteroatoms. The van der Waals surface area contributed by atoms with Gasteiger partial charge in [0.1, 0.15) is 0 Å². The number of piperazine rings is 1. The second-order valence-electron chi connectivity index (χ2n) is 10.0. The lowest BCUT2D eigenvalue weighted by atomic mass is 9.90. The van der Waals surface area contributed by atoms with Crippen molar-refractivity contribution >= 4 is 23.7 Å². The van der Waals surface area contributed by atoms with Gasteiger partial charge >= 0.3 is 0 Å². The molecule has 1 unspecified atom stereocenters. The van der Waals surface area contributed by atoms with E-state index in [-0.39, 0.29) is 17.2 Å². The first-order chi connectivity index (χ1) is 17.1. The molecule has 2 heterocycles. The highest BCUT2D eigenvalue weighted by Gasteiger charge is 2.59. The lowest BCUT2D eigenvalue weighted by molar-refractivity contribution is -0.135. The summed E-state index contributed by atoms with van der Waals surface area (Å²) in [7, 11) is 0. The SMILES string of the molecule is O=C(C(=O)N1CCC2(CC1)CC2C(=O)N1CCN(C/C=C/c2ccccc2)CC1)c1ccccc1. The van der Waals surface area contributed by atoms with E-state index in [1.165, 1.54) is 5.56 Å². The Bertz CT molecular complexity index is 1080. The molecule has 0 N–H and O–H groups in total. The van der Waals surface area contributed by atoms with Crippen LogP contribution < -0.4 is 0 Å². The van der Waals surface area contributed by atoms with Gasteiger partial charge in [-0.3, -0.25) is 19.3 Å². The highest BCUT2D eigenvalue weighted by atomic mass is 16.2. The fourth-order valence-electron chi connectivity index (χ4n) is 5.53. The van der Waals surface area contributed by atoms with Gasteiger partial charge in [0.2, 0.25) is 11.7 Å². The molecular weight excluding hydrogens is 438 g/mol. The number of ketones is 1. The number of benzene rings is 2. The predicted octanol–water partition coefficient (Wildman–Crippen LogP) is 3.36. The zero-order chi connectivity index (χ0) is 24.3. The number of likely N-dealkylation sites (tertiary alicyclic amines) is 1. The minimum Gasteiger partial charge on any atom is -0.340 e. The van der Waals surface area contributed by atoms with Gasteiger partial charge in [-0.25, -0.2) is 0 Å². The average Bonchev–Trinajstić information content (AvgIpc) is 3.62. The number of rotatable bonds is 6. The molecule has 35 heavy (non-hydrogen) atoms. The van der Waals surface area contributed by atoms with Gasteiger partial charge in [-0.05, 0) is 30.2 Å². The van der Waals surface area contributed by atoms with Crippen LogP contribution in [0.1, 0.15) is 35.2 Å². The highest BCUT2D eigenvalue weighted by Crippen LogP contribution is 2.60. The van der Waals surface area contributed by atoms with Crippen LogP contribution in [0.4, 0.5) is 0 Å². The second kappa shape index (κ2) is 10.2. The molecule has 1 atom stereocenters. The molecule has 1 spiro atoms. The van der Waals surface area contributed by atoms with Crippen LogP contribution in [0.3, 0.4) is 0 Å². The van der Waals surface area contributed by atoms with Crippen LogP contribution in [0.5, 0.6) is 0 Å². The van der Waals surface area contributed by atoms with Crippen LogP contribution in [0, 0.1) is 11.3 Å². The standard InChI is InChI=1S/C29H33N3O3/c33-26(24-11-5-2-6-12-24)28(35)31-16-13-29(14-17-31)22-25(29)27(34)32-20-18-30(19-21-32)15-7-10-23-8-3-1-4-9-23/h1-12,25H,13-22H2/b10-7+. The molecule has 3 aliphatic rings. The van der Waals surface area contributed by atoms with Gasteiger partial charge in [-0.1, -0.05) is 72.8 Å². The van der Waals surface area contributed by atoms with E-state index in [0.717, 1.165) is 52.0 Å². The fraction of sp³-hybridized carbons (Fsp3) is 0.414. The summed E-state index contributed by atoms with van der Waals surface area (Å²) in [4.78, 5) is 44.5. The fourth-order valence-corrected chi connectivity index (χ4v) is 5.53. The number of Topliss-reactive ketones (excluding diaryl/α,β-unsaturated/α-hetero) is 1. The Labute approximate surface area is 207 Å². The minimum atomic E-state index is -0.443. The molecule has 0 bridgehead atoms. The van der Waals surface area contributed by atoms with Crippen molar-refractivity contribution < 1.29 is 14.4 Å². The third-order valence-electron chi connectivity index (χ3n) is 7.92. The van der Waals surface area contributed by atoms with Crippen molar-refractivity contribution in [3.05, 3.63) is 77.9 Å². The molecule has 1 aliphatic carbocycles. The van der Waals surface area contributed by atoms with E-state index in [0.29, 0.717) is 18.7 Å². The Morgan fingerprint density at radius 3 is 2.09 bits per heavy atom. The minimum absolute atomic E-state index is 0.0270. The van der Waals surface area contributed by atoms with Crippen molar-refractivity contribution in [2.24, 2.45) is 11.3 Å². The summed E-state index contributed by atoms with van der Waals surface area (Å²) in [5.41, 5.74) is 1.67. The highest BCUT2D eigenvalue weighted by molar-refractivity contribution is 6.42. The molecule has 182 valence electrons. The second-order valence-corrected chi connectivity index (χ2v) is 10.0. The Kier molecular flexibility index (Phi) is 6.82. The number of nitrogens with zero attached hydrogens (tertiary/aromatic N) is 3. The summed E-state index contributed by atoms with van der Waals surface area (Å²) in [5.74, 6) is -0.507. The summed E-state index contributed by atoms with van der Waals surface area (Å²) in [6.45, 7) is 5.37. The lowest BCUT2D eigenvalue weighted by Crippen LogP contribution is -2.50. The third kappa shape index (κ3) is 5.22. The number of carbonyl (C=O) groups is 3. The average molecular weight is 472 g/mol. The van der Waals surface area contributed by atoms with E-state index in [2.05, 4.69) is 29.2 Å². The third-order valence-corrected chi connectivity index (χ3v) is 7.92. The smallest absolute Gasteiger partial charge is 0.294 e. The zero-order valence-electron chi connectivity index (χ0n) is 20.1. The first kappa shape index (κ1) is 23.5. The molecule has 0 aromatic heterocycles. The van der Waals surface area contributed by atoms with Gasteiger partial charge in [0, 0.05) is 57.3 Å². The topological polar surface area (TPSA) is 60.9 Å². The van der Waals surface area contributed by atoms with E-state index in [4.69, 9.17) is 0 Å². The van der Waals surface area contributed by atoms with E-state index in [9.17, 15) is 14.4 Å². The summed E-state index contributed by atoms with van der Waals surface area (Å²) < 4.78 is 0. The molecule has 3 fully saturated rings. The molecule has 0 radical (unpaired) electrons. The number of hydrogen-bond acceptors (Lipinski definition) is 4. The van der Waals surface area contributed by atoms with Crippen LogP contribution in [-0.2, 0) is 9.59 Å². The van der Waals surface area contributed by atoms with Crippen LogP contribution >= 0.6 is 0 Å². The van der Waals surface area contributed by atoms with E-state index < -0.39 is 11.7 Å². The monoisotopic (exact) mass is 471 g/mol. The first-order valence-corrected chi connectivity index (χ1v) is 12.7. The van der Waals surface area contributed by atoms with Crippen LogP contribution in [0.2, 0.25) is 0 Å². The summed E-state index contributed by atoms with van der Waals surface area (Å²) in [5, 5.41) is 0. The Hall–Kier alpha value is -3.25. The maximum atomic E-state index is 13.2. The van der Waals surface area contributed by atoms with Crippen molar-refractivity contribution in [1.82, 2.24) is 14.7 Å². The van der Waals surface area contributed by atoms with Crippen LogP contribution in [0.15, 0.2) is 66.7 Å². The maximum Gasteiger partial charge on any atom is 0.294 e. The Morgan fingerprint density at radius 1 is 0.800 bits per heavy atom. The molecule has 2 aliphatic heterocycles. The summed E-state index contributed by atoms with van der Waals surface area (Å²) >= 11 is 0. The quantitative estimate of drug-likeness (QED) is 0.479. The lowest BCUT2D eigenvalue weighted by Gasteiger charge is -2.36. The van der Waals surface area contributed by atoms with Crippen molar-refractivity contribution in [3.8, 4) is 0 Å². The van der Waals surface area contributed by atoms with E-state index in [1.54, 1.807) is 29.2 Å². The van der Waals surface area contributed by atoms with Gasteiger partial charge < -0.3 is 9.80 Å². The van der Waals surface area contributed by atoms with Crippen molar-refractivity contribution in [1.29, 1.82) is 0 Å². The van der Waals surface area contributed by atoms with Gasteiger partial charge in [0.05, 0.1) is 0 Å². The molecule has 2 aromatic rings. The van der Waals surface area contributed by atoms with Crippen molar-refractivity contribution in [3.63, 3.8) is 0 Å². The molecule has 2 amide bonds. The molecule has 2 aromatic carbocycles. The van der Waals surface area contributed by atoms with E-state index >= 15 is 0 Å². The van der Waals surface area contributed by atoms with E-state index in [1.807, 2.05) is 29.2 Å².